The van der Waals surface area contributed by atoms with Gasteiger partial charge in [-0.15, -0.1) is 0 Å². The van der Waals surface area contributed by atoms with Gasteiger partial charge in [0, 0.05) is 11.7 Å². The Morgan fingerprint density at radius 3 is 2.33 bits per heavy atom. The Bertz CT molecular complexity index is 864. The number of anilines is 1. The van der Waals surface area contributed by atoms with E-state index >= 15 is 0 Å². The summed E-state index contributed by atoms with van der Waals surface area (Å²) in [5.41, 5.74) is 1.48. The van der Waals surface area contributed by atoms with Crippen LogP contribution in [-0.2, 0) is 0 Å². The summed E-state index contributed by atoms with van der Waals surface area (Å²) in [5, 5.41) is 10.5. The van der Waals surface area contributed by atoms with Crippen molar-refractivity contribution in [2.75, 3.05) is 5.32 Å². The Balaban J connectivity index is 2.13. The maximum absolute atomic E-state index is 13.6. The van der Waals surface area contributed by atoms with E-state index in [1.807, 2.05) is 12.1 Å². The van der Waals surface area contributed by atoms with Crippen LogP contribution in [0.25, 0.3) is 6.08 Å². The lowest BCUT2D eigenvalue weighted by Crippen LogP contribution is -2.23. The van der Waals surface area contributed by atoms with E-state index in [0.717, 1.165) is 24.6 Å². The summed E-state index contributed by atoms with van der Waals surface area (Å²) in [7, 11) is 0. The van der Waals surface area contributed by atoms with Crippen LogP contribution in [-0.4, -0.2) is 18.4 Å². The maximum atomic E-state index is 13.6. The number of hydrogen-bond acceptors (Lipinski definition) is 2. The largest absolute Gasteiger partial charge is 0.399 e. The normalized spacial score (nSPS) is 15.0. The number of nitrogens with one attached hydrogen (secondary N) is 2. The molecule has 162 valence electrons. The van der Waals surface area contributed by atoms with Crippen LogP contribution in [0, 0.1) is 11.3 Å². The molecule has 0 saturated carbocycles. The van der Waals surface area contributed by atoms with Gasteiger partial charge in [-0.2, -0.15) is 13.2 Å². The van der Waals surface area contributed by atoms with Gasteiger partial charge >= 0.3 is 6.18 Å². The summed E-state index contributed by atoms with van der Waals surface area (Å²) in [6.45, 7) is 4.20. The van der Waals surface area contributed by atoms with Gasteiger partial charge in [0.05, 0.1) is 16.0 Å². The van der Waals surface area contributed by atoms with E-state index < -0.39 is 12.1 Å². The quantitative estimate of drug-likeness (QED) is 0.366. The van der Waals surface area contributed by atoms with Gasteiger partial charge in [0.25, 0.3) is 0 Å². The highest BCUT2D eigenvalue weighted by Crippen LogP contribution is 2.41. The number of allylic oxidation sites excluding steroid dienone is 1. The molecule has 2 nitrogen and oxygen atoms in total. The van der Waals surface area contributed by atoms with Crippen molar-refractivity contribution in [1.82, 2.24) is 0 Å². The van der Waals surface area contributed by atoms with Gasteiger partial charge < -0.3 is 10.7 Å². The van der Waals surface area contributed by atoms with Gasteiger partial charge in [-0.1, -0.05) is 66.5 Å². The fourth-order valence-electron chi connectivity index (χ4n) is 3.05. The Morgan fingerprint density at radius 1 is 1.07 bits per heavy atom. The van der Waals surface area contributed by atoms with Crippen LogP contribution in [0.4, 0.5) is 18.9 Å². The maximum Gasteiger partial charge on any atom is 0.399 e. The Morgan fingerprint density at radius 2 is 1.73 bits per heavy atom. The Hall–Kier alpha value is -1.98. The average Bonchev–Trinajstić information content (AvgIpc) is 2.69. The van der Waals surface area contributed by atoms with Crippen LogP contribution in [0.5, 0.6) is 0 Å². The van der Waals surface area contributed by atoms with Gasteiger partial charge in [-0.05, 0) is 61.2 Å². The summed E-state index contributed by atoms with van der Waals surface area (Å²) in [6.07, 6.45) is 1.12. The minimum Gasteiger partial charge on any atom is -0.382 e. The zero-order chi connectivity index (χ0) is 22.3. The topological polar surface area (TPSA) is 35.9 Å². The molecule has 2 N–H and O–H groups in total. The second-order valence-electron chi connectivity index (χ2n) is 7.34. The van der Waals surface area contributed by atoms with Crippen LogP contribution in [0.3, 0.4) is 0 Å². The molecular weight excluding hydrogens is 432 g/mol. The first-order valence-electron chi connectivity index (χ1n) is 9.67. The zero-order valence-corrected chi connectivity index (χ0v) is 18.3. The monoisotopic (exact) mass is 456 g/mol. The van der Waals surface area contributed by atoms with Gasteiger partial charge in [0.15, 0.2) is 0 Å². The fraction of sp³-hybridized carbons (Fsp3) is 0.348. The lowest BCUT2D eigenvalue weighted by Gasteiger charge is -2.22. The highest BCUT2D eigenvalue weighted by Gasteiger charge is 2.40. The molecule has 0 amide bonds. The van der Waals surface area contributed by atoms with Gasteiger partial charge in [0.2, 0.25) is 0 Å². The predicted molar refractivity (Wildman–Crippen MR) is 121 cm³/mol. The standard InChI is InChI=1S/C23H25Cl2F3N2/c1-15(5-4-14-29)16(2)30-18-11-8-17(9-12-18)10-13-20(23(26,27)28)19-6-3-7-21(24)22(19)25/h3,6-16,20,29-30H,4-5H2,1-2H3. The highest BCUT2D eigenvalue weighted by molar-refractivity contribution is 6.42. The molecule has 0 aliphatic carbocycles. The molecule has 0 saturated heterocycles. The van der Waals surface area contributed by atoms with Crippen molar-refractivity contribution >= 4 is 41.2 Å². The van der Waals surface area contributed by atoms with E-state index in [1.54, 1.807) is 12.1 Å². The first kappa shape index (κ1) is 24.3. The number of hydrogen-bond donors (Lipinski definition) is 2. The number of rotatable bonds is 9. The lowest BCUT2D eigenvalue weighted by atomic mass is 9.96. The first-order valence-corrected chi connectivity index (χ1v) is 10.4. The molecule has 0 spiro atoms. The summed E-state index contributed by atoms with van der Waals surface area (Å²) >= 11 is 11.9. The van der Waals surface area contributed by atoms with Crippen molar-refractivity contribution in [3.63, 3.8) is 0 Å². The zero-order valence-electron chi connectivity index (χ0n) is 16.8. The van der Waals surface area contributed by atoms with E-state index in [9.17, 15) is 13.2 Å². The molecule has 7 heteroatoms. The molecular formula is C23H25Cl2F3N2. The summed E-state index contributed by atoms with van der Waals surface area (Å²) < 4.78 is 40.8. The molecule has 0 fully saturated rings. The smallest absolute Gasteiger partial charge is 0.382 e. The van der Waals surface area contributed by atoms with Crippen molar-refractivity contribution in [3.8, 4) is 0 Å². The molecule has 0 aliphatic heterocycles. The van der Waals surface area contributed by atoms with Crippen molar-refractivity contribution in [2.24, 2.45) is 5.92 Å². The molecule has 2 aromatic carbocycles. The number of halogens is 5. The van der Waals surface area contributed by atoms with Crippen molar-refractivity contribution in [3.05, 3.63) is 69.7 Å². The minimum atomic E-state index is -4.49. The SMILES string of the molecule is CC(CCC=N)C(C)Nc1ccc(C=CC(c2cccc(Cl)c2Cl)C(F)(F)F)cc1. The molecule has 0 heterocycles. The average molecular weight is 457 g/mol. The second kappa shape index (κ2) is 10.9. The van der Waals surface area contributed by atoms with Crippen LogP contribution in [0.15, 0.2) is 48.5 Å². The fourth-order valence-corrected chi connectivity index (χ4v) is 3.47. The highest BCUT2D eigenvalue weighted by atomic mass is 35.5. The third kappa shape index (κ3) is 6.78. The molecule has 0 radical (unpaired) electrons. The van der Waals surface area contributed by atoms with E-state index in [1.165, 1.54) is 30.5 Å². The number of alkyl halides is 3. The molecule has 0 bridgehead atoms. The second-order valence-corrected chi connectivity index (χ2v) is 8.12. The van der Waals surface area contributed by atoms with Crippen molar-refractivity contribution in [2.45, 2.75) is 44.8 Å². The number of benzene rings is 2. The van der Waals surface area contributed by atoms with E-state index in [4.69, 9.17) is 28.6 Å². The van der Waals surface area contributed by atoms with Gasteiger partial charge in [-0.25, -0.2) is 0 Å². The van der Waals surface area contributed by atoms with E-state index in [-0.39, 0.29) is 21.7 Å². The molecule has 0 aromatic heterocycles. The molecule has 2 aromatic rings. The molecule has 3 unspecified atom stereocenters. The third-order valence-corrected chi connectivity index (χ3v) is 5.91. The molecule has 0 aliphatic rings. The van der Waals surface area contributed by atoms with E-state index in [2.05, 4.69) is 19.2 Å². The first-order chi connectivity index (χ1) is 14.1. The Kier molecular flexibility index (Phi) is 8.80. The van der Waals surface area contributed by atoms with Crippen LogP contribution < -0.4 is 5.32 Å². The lowest BCUT2D eigenvalue weighted by molar-refractivity contribution is -0.139. The summed E-state index contributed by atoms with van der Waals surface area (Å²) in [6, 6.07) is 11.7. The molecule has 3 atom stereocenters. The van der Waals surface area contributed by atoms with Gasteiger partial charge in [0.1, 0.15) is 0 Å². The summed E-state index contributed by atoms with van der Waals surface area (Å²) in [4.78, 5) is 0. The van der Waals surface area contributed by atoms with Crippen molar-refractivity contribution in [1.29, 1.82) is 5.41 Å². The van der Waals surface area contributed by atoms with Crippen LogP contribution in [0.1, 0.15) is 43.7 Å². The summed E-state index contributed by atoms with van der Waals surface area (Å²) in [5.74, 6) is -1.46. The van der Waals surface area contributed by atoms with Crippen LogP contribution in [0.2, 0.25) is 10.0 Å². The third-order valence-electron chi connectivity index (χ3n) is 5.08. The van der Waals surface area contributed by atoms with E-state index in [0.29, 0.717) is 11.5 Å². The van der Waals surface area contributed by atoms with Crippen molar-refractivity contribution < 1.29 is 13.2 Å². The van der Waals surface area contributed by atoms with Crippen LogP contribution >= 0.6 is 23.2 Å². The molecule has 30 heavy (non-hydrogen) atoms. The predicted octanol–water partition coefficient (Wildman–Crippen LogP) is 8.22. The minimum absolute atomic E-state index is 0.0704. The van der Waals surface area contributed by atoms with Gasteiger partial charge in [-0.3, -0.25) is 0 Å². The molecule has 2 rings (SSSR count). The Labute approximate surface area is 185 Å².